The second-order valence-electron chi connectivity index (χ2n) is 5.15. The number of rotatable bonds is 7. The van der Waals surface area contributed by atoms with Crippen molar-refractivity contribution in [1.82, 2.24) is 0 Å². The number of aliphatic hydroxyl groups excluding tert-OH is 1. The van der Waals surface area contributed by atoms with Crippen molar-refractivity contribution in [3.8, 4) is 0 Å². The largest absolute Gasteiger partial charge is 0.466 e. The summed E-state index contributed by atoms with van der Waals surface area (Å²) in [6.07, 6.45) is 8.74. The molecule has 1 aliphatic rings. The van der Waals surface area contributed by atoms with Crippen LogP contribution in [0.4, 0.5) is 0 Å². The lowest BCUT2D eigenvalue weighted by molar-refractivity contribution is -0.144. The zero-order valence-corrected chi connectivity index (χ0v) is 11.0. The van der Waals surface area contributed by atoms with Gasteiger partial charge in [0.25, 0.3) is 0 Å². The molecular weight excluding hydrogens is 216 g/mol. The van der Waals surface area contributed by atoms with Crippen molar-refractivity contribution >= 4 is 5.97 Å². The second kappa shape index (κ2) is 8.51. The zero-order chi connectivity index (χ0) is 12.5. The minimum absolute atomic E-state index is 0.172. The van der Waals surface area contributed by atoms with Gasteiger partial charge in [0.15, 0.2) is 0 Å². The fraction of sp³-hybridized carbons (Fsp3) is 0.929. The maximum absolute atomic E-state index is 11.3. The normalized spacial score (nSPS) is 18.9. The highest BCUT2D eigenvalue weighted by molar-refractivity contribution is 5.69. The Bertz CT molecular complexity index is 210. The first-order valence-electron chi connectivity index (χ1n) is 7.06. The van der Waals surface area contributed by atoms with E-state index in [4.69, 9.17) is 4.74 Å². The van der Waals surface area contributed by atoms with Crippen molar-refractivity contribution in [2.45, 2.75) is 70.8 Å². The summed E-state index contributed by atoms with van der Waals surface area (Å²) in [4.78, 5) is 11.3. The van der Waals surface area contributed by atoms with E-state index in [0.29, 0.717) is 25.4 Å². The first kappa shape index (κ1) is 14.5. The minimum atomic E-state index is -0.327. The van der Waals surface area contributed by atoms with E-state index in [1.165, 1.54) is 32.1 Å². The maximum Gasteiger partial charge on any atom is 0.305 e. The van der Waals surface area contributed by atoms with Crippen LogP contribution in [-0.2, 0) is 9.53 Å². The quantitative estimate of drug-likeness (QED) is 0.698. The van der Waals surface area contributed by atoms with Crippen LogP contribution in [0, 0.1) is 5.92 Å². The SMILES string of the molecule is CCCOC(=O)CCC(O)CC1CCCCC1. The van der Waals surface area contributed by atoms with Crippen LogP contribution in [0.15, 0.2) is 0 Å². The Hall–Kier alpha value is -0.570. The molecule has 0 aromatic rings. The molecule has 1 unspecified atom stereocenters. The lowest BCUT2D eigenvalue weighted by atomic mass is 9.85. The summed E-state index contributed by atoms with van der Waals surface area (Å²) >= 11 is 0. The van der Waals surface area contributed by atoms with Crippen molar-refractivity contribution in [3.05, 3.63) is 0 Å². The molecule has 0 saturated heterocycles. The Morgan fingerprint density at radius 3 is 2.71 bits per heavy atom. The van der Waals surface area contributed by atoms with Crippen molar-refractivity contribution < 1.29 is 14.6 Å². The van der Waals surface area contributed by atoms with Crippen LogP contribution in [0.1, 0.15) is 64.7 Å². The minimum Gasteiger partial charge on any atom is -0.466 e. The predicted octanol–water partition coefficient (Wildman–Crippen LogP) is 3.05. The third-order valence-corrected chi connectivity index (χ3v) is 3.48. The molecule has 3 nitrogen and oxygen atoms in total. The molecule has 0 spiro atoms. The predicted molar refractivity (Wildman–Crippen MR) is 67.7 cm³/mol. The first-order valence-corrected chi connectivity index (χ1v) is 7.06. The van der Waals surface area contributed by atoms with Crippen LogP contribution in [0.25, 0.3) is 0 Å². The number of esters is 1. The standard InChI is InChI=1S/C14H26O3/c1-2-10-17-14(16)9-8-13(15)11-12-6-4-3-5-7-12/h12-13,15H,2-11H2,1H3. The topological polar surface area (TPSA) is 46.5 Å². The molecule has 1 atom stereocenters. The Kier molecular flexibility index (Phi) is 7.25. The van der Waals surface area contributed by atoms with Crippen LogP contribution in [0.3, 0.4) is 0 Å². The van der Waals surface area contributed by atoms with Gasteiger partial charge in [0.05, 0.1) is 12.7 Å². The summed E-state index contributed by atoms with van der Waals surface area (Å²) in [6, 6.07) is 0. The van der Waals surface area contributed by atoms with Crippen LogP contribution in [0.5, 0.6) is 0 Å². The second-order valence-corrected chi connectivity index (χ2v) is 5.15. The van der Waals surface area contributed by atoms with E-state index < -0.39 is 0 Å². The molecule has 1 aliphatic carbocycles. The Morgan fingerprint density at radius 1 is 1.35 bits per heavy atom. The summed E-state index contributed by atoms with van der Waals surface area (Å²) < 4.78 is 4.98. The molecule has 100 valence electrons. The summed E-state index contributed by atoms with van der Waals surface area (Å²) in [5.41, 5.74) is 0. The Morgan fingerprint density at radius 2 is 2.06 bits per heavy atom. The molecule has 1 saturated carbocycles. The van der Waals surface area contributed by atoms with Crippen molar-refractivity contribution in [3.63, 3.8) is 0 Å². The van der Waals surface area contributed by atoms with E-state index in [1.807, 2.05) is 6.92 Å². The molecule has 0 aromatic heterocycles. The molecule has 0 radical (unpaired) electrons. The fourth-order valence-corrected chi connectivity index (χ4v) is 2.50. The third-order valence-electron chi connectivity index (χ3n) is 3.48. The van der Waals surface area contributed by atoms with Crippen LogP contribution in [0.2, 0.25) is 0 Å². The van der Waals surface area contributed by atoms with E-state index in [-0.39, 0.29) is 12.1 Å². The van der Waals surface area contributed by atoms with Gasteiger partial charge in [-0.25, -0.2) is 0 Å². The van der Waals surface area contributed by atoms with Gasteiger partial charge in [-0.1, -0.05) is 39.0 Å². The molecule has 0 aliphatic heterocycles. The van der Waals surface area contributed by atoms with E-state index in [1.54, 1.807) is 0 Å². The van der Waals surface area contributed by atoms with Gasteiger partial charge >= 0.3 is 5.97 Å². The highest BCUT2D eigenvalue weighted by Crippen LogP contribution is 2.28. The Balaban J connectivity index is 2.07. The molecule has 17 heavy (non-hydrogen) atoms. The summed E-state index contributed by atoms with van der Waals surface area (Å²) in [6.45, 7) is 2.47. The highest BCUT2D eigenvalue weighted by Gasteiger charge is 2.18. The molecule has 1 N–H and O–H groups in total. The lowest BCUT2D eigenvalue weighted by Gasteiger charge is -2.23. The Labute approximate surface area is 105 Å². The molecular formula is C14H26O3. The van der Waals surface area contributed by atoms with Gasteiger partial charge in [-0.15, -0.1) is 0 Å². The maximum atomic E-state index is 11.3. The van der Waals surface area contributed by atoms with Crippen molar-refractivity contribution in [2.75, 3.05) is 6.61 Å². The lowest BCUT2D eigenvalue weighted by Crippen LogP contribution is -2.18. The monoisotopic (exact) mass is 242 g/mol. The molecule has 0 aromatic carbocycles. The van der Waals surface area contributed by atoms with Gasteiger partial charge in [0, 0.05) is 6.42 Å². The zero-order valence-electron chi connectivity index (χ0n) is 11.0. The molecule has 0 heterocycles. The first-order chi connectivity index (χ1) is 8.22. The average molecular weight is 242 g/mol. The average Bonchev–Trinajstić information content (AvgIpc) is 2.35. The third kappa shape index (κ3) is 6.67. The summed E-state index contributed by atoms with van der Waals surface area (Å²) in [7, 11) is 0. The summed E-state index contributed by atoms with van der Waals surface area (Å²) in [5.74, 6) is 0.500. The number of aliphatic hydroxyl groups is 1. The summed E-state index contributed by atoms with van der Waals surface area (Å²) in [5, 5.41) is 9.87. The van der Waals surface area contributed by atoms with Gasteiger partial charge in [0.2, 0.25) is 0 Å². The molecule has 1 rings (SSSR count). The molecule has 3 heteroatoms. The smallest absolute Gasteiger partial charge is 0.305 e. The molecule has 0 amide bonds. The van der Waals surface area contributed by atoms with Crippen molar-refractivity contribution in [2.24, 2.45) is 5.92 Å². The number of ether oxygens (including phenoxy) is 1. The van der Waals surface area contributed by atoms with E-state index in [9.17, 15) is 9.90 Å². The number of carbonyl (C=O) groups is 1. The fourth-order valence-electron chi connectivity index (χ4n) is 2.50. The number of hydrogen-bond donors (Lipinski definition) is 1. The number of carbonyl (C=O) groups excluding carboxylic acids is 1. The van der Waals surface area contributed by atoms with Gasteiger partial charge in [0.1, 0.15) is 0 Å². The highest BCUT2D eigenvalue weighted by atomic mass is 16.5. The van der Waals surface area contributed by atoms with Gasteiger partial charge < -0.3 is 9.84 Å². The van der Waals surface area contributed by atoms with E-state index in [2.05, 4.69) is 0 Å². The molecule has 0 bridgehead atoms. The van der Waals surface area contributed by atoms with Crippen LogP contribution in [-0.4, -0.2) is 23.8 Å². The van der Waals surface area contributed by atoms with Crippen LogP contribution >= 0.6 is 0 Å². The van der Waals surface area contributed by atoms with Gasteiger partial charge in [-0.3, -0.25) is 4.79 Å². The molecule has 1 fully saturated rings. The van der Waals surface area contributed by atoms with Gasteiger partial charge in [-0.2, -0.15) is 0 Å². The van der Waals surface area contributed by atoms with E-state index >= 15 is 0 Å². The van der Waals surface area contributed by atoms with Crippen LogP contribution < -0.4 is 0 Å². The van der Waals surface area contributed by atoms with E-state index in [0.717, 1.165) is 12.8 Å². The number of hydrogen-bond acceptors (Lipinski definition) is 3. The van der Waals surface area contributed by atoms with Gasteiger partial charge in [-0.05, 0) is 25.2 Å². The van der Waals surface area contributed by atoms with Crippen molar-refractivity contribution in [1.29, 1.82) is 0 Å².